The van der Waals surface area contributed by atoms with E-state index in [9.17, 15) is 13.2 Å². The van der Waals surface area contributed by atoms with Crippen molar-refractivity contribution in [3.63, 3.8) is 0 Å². The normalized spacial score (nSPS) is 24.3. The van der Waals surface area contributed by atoms with E-state index in [1.165, 1.54) is 6.08 Å². The summed E-state index contributed by atoms with van der Waals surface area (Å²) >= 11 is 0. The molecule has 1 N–H and O–H groups in total. The van der Waals surface area contributed by atoms with Crippen LogP contribution >= 0.6 is 12.4 Å². The van der Waals surface area contributed by atoms with E-state index in [-0.39, 0.29) is 24.9 Å². The molecule has 1 nitrogen and oxygen atoms in total. The van der Waals surface area contributed by atoms with Crippen LogP contribution in [0, 0.1) is 0 Å². The Hall–Kier alpha value is -0.220. The summed E-state index contributed by atoms with van der Waals surface area (Å²) < 4.78 is 36.1. The molecule has 0 aliphatic carbocycles. The molecule has 0 saturated carbocycles. The number of nitrogens with one attached hydrogen (secondary N) is 1. The fourth-order valence-electron chi connectivity index (χ4n) is 1.11. The van der Waals surface area contributed by atoms with Crippen LogP contribution < -0.4 is 5.32 Å². The lowest BCUT2D eigenvalue weighted by Crippen LogP contribution is -2.33. The number of hydrogen-bond acceptors (Lipinski definition) is 1. The van der Waals surface area contributed by atoms with Crippen molar-refractivity contribution in [1.29, 1.82) is 0 Å². The molecule has 0 fully saturated rings. The molecule has 0 aromatic carbocycles. The molecular weight excluding hydrogens is 191 g/mol. The molecule has 0 amide bonds. The molecule has 0 radical (unpaired) electrons. The van der Waals surface area contributed by atoms with Crippen LogP contribution in [0.4, 0.5) is 13.2 Å². The van der Waals surface area contributed by atoms with E-state index in [1.54, 1.807) is 6.92 Å². The van der Waals surface area contributed by atoms with Crippen molar-refractivity contribution in [2.24, 2.45) is 0 Å². The molecular formula is C7H11ClF3N. The predicted molar refractivity (Wildman–Crippen MR) is 43.5 cm³/mol. The van der Waals surface area contributed by atoms with Gasteiger partial charge in [0.15, 0.2) is 0 Å². The minimum atomic E-state index is -4.13. The van der Waals surface area contributed by atoms with Crippen molar-refractivity contribution in [2.45, 2.75) is 25.6 Å². The number of rotatable bonds is 0. The first-order valence-corrected chi connectivity index (χ1v) is 3.51. The maximum Gasteiger partial charge on any atom is 0.412 e. The quantitative estimate of drug-likeness (QED) is 0.593. The maximum absolute atomic E-state index is 12.0. The SMILES string of the molecule is CC1C=C(C(F)(F)F)CCN1.Cl. The summed E-state index contributed by atoms with van der Waals surface area (Å²) in [5, 5.41) is 2.91. The molecule has 5 heteroatoms. The topological polar surface area (TPSA) is 12.0 Å². The summed E-state index contributed by atoms with van der Waals surface area (Å²) in [5.74, 6) is 0. The molecule has 1 atom stereocenters. The van der Waals surface area contributed by atoms with E-state index in [4.69, 9.17) is 0 Å². The van der Waals surface area contributed by atoms with Gasteiger partial charge in [0.2, 0.25) is 0 Å². The summed E-state index contributed by atoms with van der Waals surface area (Å²) in [7, 11) is 0. The summed E-state index contributed by atoms with van der Waals surface area (Å²) in [5.41, 5.74) is -0.399. The van der Waals surface area contributed by atoms with Crippen LogP contribution in [0.3, 0.4) is 0 Å². The van der Waals surface area contributed by atoms with Gasteiger partial charge in [-0.15, -0.1) is 12.4 Å². The standard InChI is InChI=1S/C7H10F3N.ClH/c1-5-4-6(2-3-11-5)7(8,9)10;/h4-5,11H,2-3H2,1H3;1H. The first-order valence-electron chi connectivity index (χ1n) is 3.51. The molecule has 1 heterocycles. The lowest BCUT2D eigenvalue weighted by Gasteiger charge is -2.20. The van der Waals surface area contributed by atoms with Gasteiger partial charge >= 0.3 is 6.18 Å². The predicted octanol–water partition coefficient (Wildman–Crippen LogP) is 2.28. The zero-order chi connectivity index (χ0) is 8.48. The third-order valence-corrected chi connectivity index (χ3v) is 1.68. The van der Waals surface area contributed by atoms with E-state index in [2.05, 4.69) is 5.32 Å². The Kier molecular flexibility index (Phi) is 4.06. The molecule has 72 valence electrons. The van der Waals surface area contributed by atoms with Crippen molar-refractivity contribution in [3.8, 4) is 0 Å². The molecule has 1 rings (SSSR count). The van der Waals surface area contributed by atoms with Crippen molar-refractivity contribution >= 4 is 12.4 Å². The van der Waals surface area contributed by atoms with Crippen LogP contribution in [0.2, 0.25) is 0 Å². The fraction of sp³-hybridized carbons (Fsp3) is 0.714. The van der Waals surface area contributed by atoms with Crippen molar-refractivity contribution < 1.29 is 13.2 Å². The molecule has 1 unspecified atom stereocenters. The second kappa shape index (κ2) is 4.14. The largest absolute Gasteiger partial charge is 0.412 e. The molecule has 0 spiro atoms. The zero-order valence-electron chi connectivity index (χ0n) is 6.61. The smallest absolute Gasteiger partial charge is 0.310 e. The Balaban J connectivity index is 0.00000121. The highest BCUT2D eigenvalue weighted by Crippen LogP contribution is 2.29. The van der Waals surface area contributed by atoms with Gasteiger partial charge in [0.05, 0.1) is 0 Å². The van der Waals surface area contributed by atoms with E-state index in [0.29, 0.717) is 6.54 Å². The second-order valence-corrected chi connectivity index (χ2v) is 2.68. The molecule has 1 aliphatic rings. The third-order valence-electron chi connectivity index (χ3n) is 1.68. The number of hydrogen-bond donors (Lipinski definition) is 1. The van der Waals surface area contributed by atoms with Gasteiger partial charge in [0.1, 0.15) is 0 Å². The molecule has 0 bridgehead atoms. The summed E-state index contributed by atoms with van der Waals surface area (Å²) in [4.78, 5) is 0. The lowest BCUT2D eigenvalue weighted by atomic mass is 10.1. The van der Waals surface area contributed by atoms with Gasteiger partial charge in [-0.1, -0.05) is 6.08 Å². The van der Waals surface area contributed by atoms with Crippen molar-refractivity contribution in [2.75, 3.05) is 6.54 Å². The average Bonchev–Trinajstić information content (AvgIpc) is 1.86. The Bertz CT molecular complexity index is 176. The fourth-order valence-corrected chi connectivity index (χ4v) is 1.11. The highest BCUT2D eigenvalue weighted by atomic mass is 35.5. The van der Waals surface area contributed by atoms with Gasteiger partial charge in [-0.25, -0.2) is 0 Å². The van der Waals surface area contributed by atoms with Gasteiger partial charge in [-0.2, -0.15) is 13.2 Å². The molecule has 1 aliphatic heterocycles. The average molecular weight is 202 g/mol. The highest BCUT2D eigenvalue weighted by molar-refractivity contribution is 5.85. The van der Waals surface area contributed by atoms with E-state index in [1.807, 2.05) is 0 Å². The van der Waals surface area contributed by atoms with Gasteiger partial charge in [0, 0.05) is 11.6 Å². The minimum absolute atomic E-state index is 0. The van der Waals surface area contributed by atoms with Gasteiger partial charge < -0.3 is 5.32 Å². The van der Waals surface area contributed by atoms with Gasteiger partial charge in [-0.3, -0.25) is 0 Å². The molecule has 0 aromatic rings. The minimum Gasteiger partial charge on any atom is -0.310 e. The maximum atomic E-state index is 12.0. The summed E-state index contributed by atoms with van der Waals surface area (Å²) in [6, 6.07) is -0.152. The Morgan fingerprint density at radius 2 is 2.08 bits per heavy atom. The van der Waals surface area contributed by atoms with Crippen LogP contribution in [0.1, 0.15) is 13.3 Å². The van der Waals surface area contributed by atoms with E-state index in [0.717, 1.165) is 0 Å². The highest BCUT2D eigenvalue weighted by Gasteiger charge is 2.34. The molecule has 0 saturated heterocycles. The molecule has 12 heavy (non-hydrogen) atoms. The summed E-state index contributed by atoms with van der Waals surface area (Å²) in [6.45, 7) is 2.14. The van der Waals surface area contributed by atoms with Crippen molar-refractivity contribution in [1.82, 2.24) is 5.32 Å². The monoisotopic (exact) mass is 201 g/mol. The van der Waals surface area contributed by atoms with Gasteiger partial charge in [0.25, 0.3) is 0 Å². The van der Waals surface area contributed by atoms with Gasteiger partial charge in [-0.05, 0) is 19.9 Å². The van der Waals surface area contributed by atoms with E-state index >= 15 is 0 Å². The number of alkyl halides is 3. The first-order chi connectivity index (χ1) is 5.00. The van der Waals surface area contributed by atoms with Crippen molar-refractivity contribution in [3.05, 3.63) is 11.6 Å². The van der Waals surface area contributed by atoms with Crippen LogP contribution in [0.25, 0.3) is 0 Å². The summed E-state index contributed by atoms with van der Waals surface area (Å²) in [6.07, 6.45) is -2.80. The third kappa shape index (κ3) is 3.03. The Labute approximate surface area is 75.4 Å². The zero-order valence-corrected chi connectivity index (χ0v) is 7.43. The Morgan fingerprint density at radius 3 is 2.42 bits per heavy atom. The van der Waals surface area contributed by atoms with Crippen LogP contribution in [0.5, 0.6) is 0 Å². The van der Waals surface area contributed by atoms with Crippen LogP contribution in [-0.4, -0.2) is 18.8 Å². The first kappa shape index (κ1) is 11.8. The Morgan fingerprint density at radius 1 is 1.50 bits per heavy atom. The lowest BCUT2D eigenvalue weighted by molar-refractivity contribution is -0.0950. The number of halogens is 4. The van der Waals surface area contributed by atoms with Crippen LogP contribution in [-0.2, 0) is 0 Å². The molecule has 0 aromatic heterocycles. The van der Waals surface area contributed by atoms with Crippen LogP contribution in [0.15, 0.2) is 11.6 Å². The van der Waals surface area contributed by atoms with E-state index < -0.39 is 11.7 Å². The second-order valence-electron chi connectivity index (χ2n) is 2.68.